The highest BCUT2D eigenvalue weighted by Crippen LogP contribution is 2.17. The second-order valence-corrected chi connectivity index (χ2v) is 22.4. The van der Waals surface area contributed by atoms with Gasteiger partial charge in [-0.05, 0) is 83.5 Å². The zero-order chi connectivity index (χ0) is 56.4. The van der Waals surface area contributed by atoms with Gasteiger partial charge in [-0.3, -0.25) is 14.4 Å². The topological polar surface area (TPSA) is 78.9 Å². The fourth-order valence-electron chi connectivity index (χ4n) is 9.64. The van der Waals surface area contributed by atoms with Gasteiger partial charge in [0, 0.05) is 19.3 Å². The number of carbonyl (C=O) groups is 3. The third kappa shape index (κ3) is 63.4. The highest BCUT2D eigenvalue weighted by atomic mass is 16.6. The van der Waals surface area contributed by atoms with Crippen LogP contribution in [0.25, 0.3) is 0 Å². The third-order valence-corrected chi connectivity index (χ3v) is 14.6. The van der Waals surface area contributed by atoms with E-state index in [9.17, 15) is 14.4 Å². The zero-order valence-electron chi connectivity index (χ0n) is 51.7. The average molecular weight is 1090 g/mol. The normalized spacial score (nSPS) is 12.6. The molecule has 450 valence electrons. The van der Waals surface area contributed by atoms with Gasteiger partial charge in [-0.1, -0.05) is 318 Å². The molecule has 0 aliphatic rings. The molecule has 0 saturated carbocycles. The Hall–Kier alpha value is -3.41. The predicted molar refractivity (Wildman–Crippen MR) is 339 cm³/mol. The van der Waals surface area contributed by atoms with Gasteiger partial charge in [-0.25, -0.2) is 0 Å². The number of hydrogen-bond acceptors (Lipinski definition) is 6. The van der Waals surface area contributed by atoms with Crippen molar-refractivity contribution in [2.45, 2.75) is 341 Å². The van der Waals surface area contributed by atoms with Crippen LogP contribution in [0.4, 0.5) is 0 Å². The Morgan fingerprint density at radius 2 is 0.526 bits per heavy atom. The van der Waals surface area contributed by atoms with Gasteiger partial charge in [-0.15, -0.1) is 0 Å². The largest absolute Gasteiger partial charge is 0.462 e. The lowest BCUT2D eigenvalue weighted by Gasteiger charge is -2.18. The van der Waals surface area contributed by atoms with Crippen LogP contribution >= 0.6 is 0 Å². The van der Waals surface area contributed by atoms with E-state index in [1.807, 2.05) is 6.08 Å². The summed E-state index contributed by atoms with van der Waals surface area (Å²) in [6.45, 7) is 6.49. The molecule has 1 unspecified atom stereocenters. The smallest absolute Gasteiger partial charge is 0.306 e. The molecule has 0 heterocycles. The summed E-state index contributed by atoms with van der Waals surface area (Å²) in [4.78, 5) is 38.3. The van der Waals surface area contributed by atoms with Gasteiger partial charge in [0.25, 0.3) is 0 Å². The molecule has 0 aromatic heterocycles. The minimum Gasteiger partial charge on any atom is -0.462 e. The van der Waals surface area contributed by atoms with Crippen molar-refractivity contribution in [1.82, 2.24) is 0 Å². The quantitative estimate of drug-likeness (QED) is 0.0261. The highest BCUT2D eigenvalue weighted by Gasteiger charge is 2.19. The van der Waals surface area contributed by atoms with E-state index in [-0.39, 0.29) is 37.5 Å². The van der Waals surface area contributed by atoms with Crippen molar-refractivity contribution >= 4 is 17.9 Å². The summed E-state index contributed by atoms with van der Waals surface area (Å²) in [5.41, 5.74) is 0. The maximum absolute atomic E-state index is 12.9. The van der Waals surface area contributed by atoms with Gasteiger partial charge < -0.3 is 14.2 Å². The summed E-state index contributed by atoms with van der Waals surface area (Å²) in [5, 5.41) is 0. The molecule has 0 fully saturated rings. The van der Waals surface area contributed by atoms with Gasteiger partial charge >= 0.3 is 17.9 Å². The number of allylic oxidation sites excluding steroid dienone is 14. The maximum Gasteiger partial charge on any atom is 0.306 e. The Labute approximate surface area is 484 Å². The van der Waals surface area contributed by atoms with E-state index in [1.54, 1.807) is 0 Å². The van der Waals surface area contributed by atoms with E-state index in [0.717, 1.165) is 77.0 Å². The molecule has 0 radical (unpaired) electrons. The third-order valence-electron chi connectivity index (χ3n) is 14.6. The number of unbranched alkanes of at least 4 members (excludes halogenated alkanes) is 36. The molecule has 0 aliphatic heterocycles. The molecule has 6 heteroatoms. The molecule has 1 atom stereocenters. The molecular formula is C72H126O6. The van der Waals surface area contributed by atoms with Gasteiger partial charge in [0.1, 0.15) is 13.2 Å². The molecule has 6 nitrogen and oxygen atoms in total. The second kappa shape index (κ2) is 66.1. The Morgan fingerprint density at radius 1 is 0.269 bits per heavy atom. The molecule has 0 amide bonds. The summed E-state index contributed by atoms with van der Waals surface area (Å²) in [6, 6.07) is 0. The minimum atomic E-state index is -0.806. The SMILES string of the molecule is CC/C=C\C/C=C\C/C=C\C/C=C\CCC(=O)OCC(COC(=O)CCCCCCCCCCCCCC/C=C\C/C=C\C/C=C\CCCCCCC)OC(=O)CCCCCCCCCCCCCCCCCCCCCC. The van der Waals surface area contributed by atoms with Gasteiger partial charge in [-0.2, -0.15) is 0 Å². The number of carbonyl (C=O) groups excluding carboxylic acids is 3. The molecule has 0 saturated heterocycles. The van der Waals surface area contributed by atoms with Crippen LogP contribution in [0, 0.1) is 0 Å². The van der Waals surface area contributed by atoms with Crippen molar-refractivity contribution in [3.8, 4) is 0 Å². The molecule has 0 N–H and O–H groups in total. The number of rotatable bonds is 61. The first-order valence-electron chi connectivity index (χ1n) is 33.6. The fourth-order valence-corrected chi connectivity index (χ4v) is 9.64. The first kappa shape index (κ1) is 74.6. The molecule has 0 spiro atoms. The fraction of sp³-hybridized carbons (Fsp3) is 0.764. The first-order chi connectivity index (χ1) is 38.5. The lowest BCUT2D eigenvalue weighted by Crippen LogP contribution is -2.30. The predicted octanol–water partition coefficient (Wildman–Crippen LogP) is 23.1. The van der Waals surface area contributed by atoms with Crippen LogP contribution < -0.4 is 0 Å². The number of ether oxygens (including phenoxy) is 3. The van der Waals surface area contributed by atoms with Crippen LogP contribution in [0.5, 0.6) is 0 Å². The Kier molecular flexibility index (Phi) is 63.2. The molecule has 0 aromatic carbocycles. The van der Waals surface area contributed by atoms with Crippen LogP contribution in [0.1, 0.15) is 335 Å². The van der Waals surface area contributed by atoms with E-state index in [2.05, 4.69) is 99.8 Å². The summed E-state index contributed by atoms with van der Waals surface area (Å²) in [6.07, 6.45) is 87.6. The van der Waals surface area contributed by atoms with Gasteiger partial charge in [0.15, 0.2) is 6.10 Å². The Morgan fingerprint density at radius 3 is 0.859 bits per heavy atom. The lowest BCUT2D eigenvalue weighted by molar-refractivity contribution is -0.166. The number of esters is 3. The maximum atomic E-state index is 12.9. The van der Waals surface area contributed by atoms with E-state index < -0.39 is 6.10 Å². The summed E-state index contributed by atoms with van der Waals surface area (Å²) in [7, 11) is 0. The molecular weight excluding hydrogens is 961 g/mol. The van der Waals surface area contributed by atoms with Crippen molar-refractivity contribution in [2.75, 3.05) is 13.2 Å². The second-order valence-electron chi connectivity index (χ2n) is 22.4. The van der Waals surface area contributed by atoms with Gasteiger partial charge in [0.05, 0.1) is 0 Å². The van der Waals surface area contributed by atoms with Crippen LogP contribution in [0.3, 0.4) is 0 Å². The zero-order valence-corrected chi connectivity index (χ0v) is 51.7. The minimum absolute atomic E-state index is 0.0966. The first-order valence-corrected chi connectivity index (χ1v) is 33.6. The van der Waals surface area contributed by atoms with Crippen molar-refractivity contribution in [1.29, 1.82) is 0 Å². The van der Waals surface area contributed by atoms with Crippen LogP contribution in [0.15, 0.2) is 85.1 Å². The van der Waals surface area contributed by atoms with E-state index in [0.29, 0.717) is 19.3 Å². The molecule has 0 rings (SSSR count). The molecule has 78 heavy (non-hydrogen) atoms. The van der Waals surface area contributed by atoms with Crippen molar-refractivity contribution in [3.05, 3.63) is 85.1 Å². The van der Waals surface area contributed by atoms with Crippen LogP contribution in [-0.4, -0.2) is 37.2 Å². The van der Waals surface area contributed by atoms with Gasteiger partial charge in [0.2, 0.25) is 0 Å². The molecule has 0 aliphatic carbocycles. The Bertz CT molecular complexity index is 1480. The van der Waals surface area contributed by atoms with Crippen molar-refractivity contribution < 1.29 is 28.6 Å². The van der Waals surface area contributed by atoms with E-state index in [1.165, 1.54) is 212 Å². The number of hydrogen-bond donors (Lipinski definition) is 0. The van der Waals surface area contributed by atoms with Crippen LogP contribution in [0.2, 0.25) is 0 Å². The standard InChI is InChI=1S/C72H126O6/c1-4-7-10-13-16-19-22-25-27-29-31-33-34-35-36-37-38-39-41-42-44-47-50-53-56-59-62-65-71(74)77-68-69(67-76-70(73)64-61-58-55-52-49-46-24-21-18-15-12-9-6-3)78-72(75)66-63-60-57-54-51-48-45-43-40-32-30-28-26-23-20-17-14-11-8-5-2/h9,12,18,21-22,25,29,31,34-35,46,49,55,58,69H,4-8,10-11,13-17,19-20,23-24,26-28,30,32-33,36-45,47-48,50-54,56-57,59-68H2,1-3H3/b12-9-,21-18-,25-22-,31-29-,35-34-,49-46-,58-55-. The Balaban J connectivity index is 4.30. The van der Waals surface area contributed by atoms with Crippen molar-refractivity contribution in [3.63, 3.8) is 0 Å². The highest BCUT2D eigenvalue weighted by molar-refractivity contribution is 5.71. The summed E-state index contributed by atoms with van der Waals surface area (Å²) < 4.78 is 16.9. The summed E-state index contributed by atoms with van der Waals surface area (Å²) in [5.74, 6) is -0.967. The summed E-state index contributed by atoms with van der Waals surface area (Å²) >= 11 is 0. The average Bonchev–Trinajstić information content (AvgIpc) is 3.44. The van der Waals surface area contributed by atoms with E-state index in [4.69, 9.17) is 14.2 Å². The van der Waals surface area contributed by atoms with Crippen molar-refractivity contribution in [2.24, 2.45) is 0 Å². The molecule has 0 bridgehead atoms. The molecule has 0 aromatic rings. The van der Waals surface area contributed by atoms with E-state index >= 15 is 0 Å². The lowest BCUT2D eigenvalue weighted by atomic mass is 10.0. The van der Waals surface area contributed by atoms with Crippen LogP contribution in [-0.2, 0) is 28.6 Å². The monoisotopic (exact) mass is 1090 g/mol.